The minimum absolute atomic E-state index is 0. The summed E-state index contributed by atoms with van der Waals surface area (Å²) in [6.07, 6.45) is 8.96. The van der Waals surface area contributed by atoms with Gasteiger partial charge in [0.1, 0.15) is 0 Å². The highest BCUT2D eigenvalue weighted by Crippen LogP contribution is 2.28. The highest BCUT2D eigenvalue weighted by Gasteiger charge is 2.25. The largest absolute Gasteiger partial charge is 0.398 e. The number of nitrogens with zero attached hydrogens (tertiary/aromatic N) is 5. The number of guanidine groups is 2. The number of thiocarbonyl (C=S) groups is 1. The summed E-state index contributed by atoms with van der Waals surface area (Å²) in [5.74, 6) is 2.68. The van der Waals surface area contributed by atoms with E-state index in [0.29, 0.717) is 17.6 Å². The fourth-order valence-corrected chi connectivity index (χ4v) is 10.6. The number of hydrogen-bond donors (Lipinski definition) is 8. The van der Waals surface area contributed by atoms with Crippen molar-refractivity contribution >= 4 is 125 Å². The van der Waals surface area contributed by atoms with Gasteiger partial charge in [-0.05, 0) is 145 Å². The van der Waals surface area contributed by atoms with Crippen LogP contribution in [0.5, 0.6) is 0 Å². The number of thioether (sulfide) groups is 1. The zero-order valence-corrected chi connectivity index (χ0v) is 48.7. The Kier molecular flexibility index (Phi) is 24.5. The molecular weight excluding hydrogens is 1080 g/mol. The summed E-state index contributed by atoms with van der Waals surface area (Å²) in [5.41, 5.74) is 29.7. The van der Waals surface area contributed by atoms with Crippen molar-refractivity contribution in [2.75, 3.05) is 59.4 Å². The number of nitrogens with one attached hydrogen (secondary N) is 5. The summed E-state index contributed by atoms with van der Waals surface area (Å²) in [6.45, 7) is 7.80. The molecule has 77 heavy (non-hydrogen) atoms. The van der Waals surface area contributed by atoms with Crippen molar-refractivity contribution in [3.63, 3.8) is 0 Å². The molecule has 0 radical (unpaired) electrons. The number of amidine groups is 1. The molecule has 2 fully saturated rings. The molecule has 0 unspecified atom stereocenters. The van der Waals surface area contributed by atoms with Crippen molar-refractivity contribution < 1.29 is 0 Å². The smallest absolute Gasteiger partial charge is 0.198 e. The molecule has 0 aromatic heterocycles. The monoisotopic (exact) mass is 1150 g/mol. The Bertz CT molecular complexity index is 2940. The zero-order valence-electron chi connectivity index (χ0n) is 43.6. The molecule has 2 atom stereocenters. The van der Waals surface area contributed by atoms with Crippen molar-refractivity contribution in [3.05, 3.63) is 183 Å². The minimum atomic E-state index is 0. The number of anilines is 5. The average Bonchev–Trinajstić information content (AvgIpc) is 3.45. The number of rotatable bonds is 4. The average molecular weight is 1150 g/mol. The van der Waals surface area contributed by atoms with Gasteiger partial charge >= 0.3 is 0 Å². The number of nitrogen functional groups attached to an aromatic ring is 1. The molecule has 6 aromatic carbocycles. The van der Waals surface area contributed by atoms with E-state index in [2.05, 4.69) is 113 Å². The summed E-state index contributed by atoms with van der Waals surface area (Å²) in [5, 5.41) is 19.5. The Morgan fingerprint density at radius 3 is 1.66 bits per heavy atom. The van der Waals surface area contributed by atoms with Gasteiger partial charge in [-0.1, -0.05) is 126 Å². The third kappa shape index (κ3) is 18.2. The predicted octanol–water partition coefficient (Wildman–Crippen LogP) is 11.8. The number of aliphatic imine (C=N–C) groups is 3. The SMILES string of the molecule is CSC1=NCc2ccccc2N1.Clc1cc(Cl)cc(CC[C@H]2CCCN(C3=NCc4ccccc4N3)C2)c1.NCc1ccccc1N.N[C@H]1CCCN(C2=NCc3ccccc3N2)C1.S.S.S=C1NCc2ccccc2N1. The molecule has 0 spiro atoms. The molecule has 0 amide bonds. The topological polar surface area (TPSA) is 182 Å². The molecule has 13 nitrogen and oxygen atoms in total. The van der Waals surface area contributed by atoms with Gasteiger partial charge in [0.25, 0.3) is 0 Å². The van der Waals surface area contributed by atoms with E-state index in [1.807, 2.05) is 73.0 Å². The number of para-hydroxylation sites is 5. The van der Waals surface area contributed by atoms with Crippen LogP contribution in [0.25, 0.3) is 0 Å². The Morgan fingerprint density at radius 1 is 0.623 bits per heavy atom. The van der Waals surface area contributed by atoms with Crippen LogP contribution in [-0.2, 0) is 39.1 Å². The van der Waals surface area contributed by atoms with E-state index >= 15 is 0 Å². The lowest BCUT2D eigenvalue weighted by atomic mass is 9.91. The lowest BCUT2D eigenvalue weighted by Crippen LogP contribution is -2.48. The summed E-state index contributed by atoms with van der Waals surface area (Å²) < 4.78 is 0. The van der Waals surface area contributed by atoms with Gasteiger partial charge in [-0.15, -0.1) is 0 Å². The Balaban J connectivity index is 0.000000164. The molecule has 6 aromatic rings. The van der Waals surface area contributed by atoms with Crippen molar-refractivity contribution in [2.24, 2.45) is 32.4 Å². The molecule has 6 aliphatic heterocycles. The molecule has 12 rings (SSSR count). The van der Waals surface area contributed by atoms with Crippen molar-refractivity contribution in [3.8, 4) is 0 Å². The van der Waals surface area contributed by atoms with Gasteiger partial charge in [0.2, 0.25) is 0 Å². The number of halogens is 2. The number of aryl methyl sites for hydroxylation is 1. The molecule has 19 heteroatoms. The zero-order chi connectivity index (χ0) is 52.4. The van der Waals surface area contributed by atoms with Gasteiger partial charge in [-0.2, -0.15) is 27.0 Å². The first-order chi connectivity index (χ1) is 36.6. The maximum Gasteiger partial charge on any atom is 0.198 e. The summed E-state index contributed by atoms with van der Waals surface area (Å²) in [4.78, 5) is 18.4. The maximum atomic E-state index is 6.12. The second-order valence-electron chi connectivity index (χ2n) is 18.9. The first-order valence-electron chi connectivity index (χ1n) is 25.7. The fraction of sp³-hybridized carbons (Fsp3) is 0.310. The number of piperidine rings is 2. The van der Waals surface area contributed by atoms with Crippen molar-refractivity contribution in [1.29, 1.82) is 0 Å². The molecule has 11 N–H and O–H groups in total. The summed E-state index contributed by atoms with van der Waals surface area (Å²) >= 11 is 18.8. The molecule has 6 heterocycles. The number of benzene rings is 6. The Morgan fingerprint density at radius 2 is 1.12 bits per heavy atom. The second-order valence-corrected chi connectivity index (χ2v) is 21.0. The molecular formula is C58H73Cl2N13S4. The van der Waals surface area contributed by atoms with Crippen LogP contribution in [-0.4, -0.2) is 70.5 Å². The molecule has 0 saturated carbocycles. The number of hydrogen-bond acceptors (Lipinski definition) is 13. The Hall–Kier alpha value is -5.63. The third-order valence-corrected chi connectivity index (χ3v) is 14.8. The lowest BCUT2D eigenvalue weighted by Gasteiger charge is -2.36. The van der Waals surface area contributed by atoms with E-state index < -0.39 is 0 Å². The number of likely N-dealkylation sites (tertiary alicyclic amines) is 2. The summed E-state index contributed by atoms with van der Waals surface area (Å²) in [7, 11) is 0. The van der Waals surface area contributed by atoms with Crippen LogP contribution in [0.4, 0.5) is 28.4 Å². The van der Waals surface area contributed by atoms with Gasteiger partial charge < -0.3 is 53.6 Å². The lowest BCUT2D eigenvalue weighted by molar-refractivity contribution is 0.246. The first-order valence-corrected chi connectivity index (χ1v) is 28.1. The van der Waals surface area contributed by atoms with E-state index in [9.17, 15) is 0 Å². The minimum Gasteiger partial charge on any atom is -0.398 e. The van der Waals surface area contributed by atoms with Crippen LogP contribution >= 0.6 is 74.2 Å². The van der Waals surface area contributed by atoms with Crippen LogP contribution < -0.4 is 43.8 Å². The van der Waals surface area contributed by atoms with E-state index in [4.69, 9.17) is 57.6 Å². The van der Waals surface area contributed by atoms with Gasteiger partial charge in [0.05, 0.1) is 19.6 Å². The van der Waals surface area contributed by atoms with E-state index in [-0.39, 0.29) is 33.0 Å². The van der Waals surface area contributed by atoms with E-state index in [1.54, 1.807) is 17.8 Å². The van der Waals surface area contributed by atoms with Gasteiger partial charge in [0, 0.05) is 83.8 Å². The highest BCUT2D eigenvalue weighted by molar-refractivity contribution is 8.13. The fourth-order valence-electron chi connectivity index (χ4n) is 9.45. The number of nitrogens with two attached hydrogens (primary N) is 3. The van der Waals surface area contributed by atoms with Gasteiger partial charge in [-0.3, -0.25) is 4.99 Å². The van der Waals surface area contributed by atoms with Crippen LogP contribution in [0, 0.1) is 5.92 Å². The Labute approximate surface area is 488 Å². The predicted molar refractivity (Wildman–Crippen MR) is 344 cm³/mol. The van der Waals surface area contributed by atoms with Crippen LogP contribution in [0.2, 0.25) is 10.0 Å². The molecule has 6 aliphatic rings. The van der Waals surface area contributed by atoms with Crippen molar-refractivity contribution in [2.45, 2.75) is 77.3 Å². The van der Waals surface area contributed by atoms with Crippen LogP contribution in [0.15, 0.2) is 155 Å². The molecule has 0 bridgehead atoms. The van der Waals surface area contributed by atoms with Crippen molar-refractivity contribution in [1.82, 2.24) is 15.1 Å². The molecule has 2 saturated heterocycles. The van der Waals surface area contributed by atoms with Gasteiger partial charge in [0.15, 0.2) is 22.2 Å². The standard InChI is InChI=1S/C21H23Cl2N3.C13H18N4.C9H10N2S.C8H8N2S.C7H10N2.2H2S/c22-18-10-16(11-19(23)12-18)8-7-15-4-3-9-26(14-15)21-24-13-17-5-1-2-6-20(17)25-21;14-11-5-3-7-17(9-11)13-15-8-10-4-1-2-6-12(10)16-13;1-12-9-10-6-7-4-2-3-5-8(7)11-9;11-8-9-5-6-3-1-2-4-7(6)10-8;8-5-6-3-1-2-4-7(6)9;;/h1-2,5-6,10-12,15H,3-4,7-9,13-14H2,(H,24,25);1-2,4,6,11H,3,5,7-9,14H2,(H,15,16);2-5H,6H2,1H3,(H,10,11);1-4H,5H2,(H2,9,10,11);1-4H,5,8-9H2;2*1H2/t15-;11-;;;;;/m10...../s1. The highest BCUT2D eigenvalue weighted by atomic mass is 35.5. The van der Waals surface area contributed by atoms with E-state index in [1.165, 1.54) is 57.7 Å². The number of fused-ring (bicyclic) bond motifs is 4. The molecule has 408 valence electrons. The van der Waals surface area contributed by atoms with Crippen LogP contribution in [0.3, 0.4) is 0 Å². The summed E-state index contributed by atoms with van der Waals surface area (Å²) in [6, 6.07) is 46.9. The maximum absolute atomic E-state index is 6.12. The quantitative estimate of drug-likeness (QED) is 0.0619. The second kappa shape index (κ2) is 31.1. The van der Waals surface area contributed by atoms with Gasteiger partial charge in [-0.25, -0.2) is 9.98 Å². The first kappa shape index (κ1) is 60.6. The van der Waals surface area contributed by atoms with E-state index in [0.717, 1.165) is 122 Å². The molecule has 0 aliphatic carbocycles. The normalized spacial score (nSPS) is 17.3. The van der Waals surface area contributed by atoms with Crippen LogP contribution in [0.1, 0.15) is 65.5 Å². The third-order valence-electron chi connectivity index (χ3n) is 13.5.